The Bertz CT molecular complexity index is 190. The van der Waals surface area contributed by atoms with E-state index < -0.39 is 26.5 Å². The minimum Gasteiger partial charge on any atom is -0.479 e. The van der Waals surface area contributed by atoms with Gasteiger partial charge in [-0.05, 0) is 0 Å². The van der Waals surface area contributed by atoms with Gasteiger partial charge in [0.25, 0.3) is 0 Å². The van der Waals surface area contributed by atoms with Gasteiger partial charge in [0.1, 0.15) is 0 Å². The first-order chi connectivity index (χ1) is 4.83. The van der Waals surface area contributed by atoms with Gasteiger partial charge in [-0.2, -0.15) is 0 Å². The number of aliphatic hydroxyl groups excluding tert-OH is 1. The number of aliphatic hydroxyl groups is 1. The van der Waals surface area contributed by atoms with E-state index in [1.54, 1.807) is 0 Å². The van der Waals surface area contributed by atoms with Crippen LogP contribution >= 0.6 is 7.82 Å². The Morgan fingerprint density at radius 1 is 1.38 bits per heavy atom. The van der Waals surface area contributed by atoms with Crippen LogP contribution in [0.3, 0.4) is 0 Å². The quantitative estimate of drug-likeness (QED) is 0.319. The van der Waals surface area contributed by atoms with Crippen LogP contribution in [0, 0.1) is 0 Å². The minimum atomic E-state index is -4.68. The fraction of sp³-hybridized carbons (Fsp3) is 0.667. The molecule has 68 valence electrons. The summed E-state index contributed by atoms with van der Waals surface area (Å²) in [4.78, 5) is 25.9. The van der Waals surface area contributed by atoms with E-state index in [4.69, 9.17) is 20.0 Å². The van der Waals surface area contributed by atoms with Crippen molar-refractivity contribution in [2.24, 2.45) is 0 Å². The molecule has 0 spiro atoms. The van der Waals surface area contributed by atoms with Crippen molar-refractivity contribution in [3.63, 3.8) is 0 Å². The molecule has 7 nitrogen and oxygen atoms in total. The fourth-order valence-corrected chi connectivity index (χ4v) is 0.574. The van der Waals surface area contributed by atoms with E-state index in [0.29, 0.717) is 0 Å². The maximum absolute atomic E-state index is 9.93. The summed E-state index contributed by atoms with van der Waals surface area (Å²) in [5.41, 5.74) is 0. The van der Waals surface area contributed by atoms with Gasteiger partial charge in [0.15, 0.2) is 6.10 Å². The molecule has 0 unspecified atom stereocenters. The summed E-state index contributed by atoms with van der Waals surface area (Å²) in [6, 6.07) is 0. The first kappa shape index (κ1) is 20.0. The summed E-state index contributed by atoms with van der Waals surface area (Å²) in [5, 5.41) is 16.4. The van der Waals surface area contributed by atoms with E-state index in [1.165, 1.54) is 0 Å². The Labute approximate surface area is 118 Å². The molecule has 0 bridgehead atoms. The number of carboxylic acid groups (broad SMARTS) is 1. The largest absolute Gasteiger partial charge is 0.479 e. The molecule has 0 aromatic heterocycles. The monoisotopic (exact) mass is 232 g/mol. The summed E-state index contributed by atoms with van der Waals surface area (Å²) in [6.07, 6.45) is -1.91. The normalized spacial score (nSPS) is 12.2. The van der Waals surface area contributed by atoms with Crippen LogP contribution in [0.5, 0.6) is 0 Å². The van der Waals surface area contributed by atoms with E-state index in [0.717, 1.165) is 0 Å². The number of hydrogen-bond acceptors (Lipinski definition) is 4. The molecule has 0 fully saturated rings. The Hall–Kier alpha value is 1.54. The first-order valence-corrected chi connectivity index (χ1v) is 3.97. The van der Waals surface area contributed by atoms with Crippen molar-refractivity contribution in [2.45, 2.75) is 6.10 Å². The zero-order valence-electron chi connectivity index (χ0n) is 7.25. The average Bonchev–Trinajstić information content (AvgIpc) is 1.80. The third-order valence-electron chi connectivity index (χ3n) is 0.686. The standard InChI is InChI=1S/C3H7O7P.2Na/c4-2(3(5)6)1-10-11(7,8)9;;/h2,4H,1H2,(H,5,6)(H2,7,8,9);;/t2-;;/m1../s1. The predicted molar refractivity (Wildman–Crippen MR) is 43.1 cm³/mol. The van der Waals surface area contributed by atoms with Gasteiger partial charge in [-0.15, -0.1) is 0 Å². The van der Waals surface area contributed by atoms with Gasteiger partial charge in [-0.25, -0.2) is 9.36 Å². The summed E-state index contributed by atoms with van der Waals surface area (Å²) in [6.45, 7) is -0.931. The summed E-state index contributed by atoms with van der Waals surface area (Å²) in [5.74, 6) is -1.60. The van der Waals surface area contributed by atoms with Crippen molar-refractivity contribution >= 4 is 72.9 Å². The SMILES string of the molecule is O=C(O)[C@H](O)COP(=O)(O)O.[Na].[Na]. The van der Waals surface area contributed by atoms with Crippen LogP contribution in [-0.4, -0.2) is 97.8 Å². The molecule has 0 amide bonds. The summed E-state index contributed by atoms with van der Waals surface area (Å²) in [7, 11) is -4.68. The third kappa shape index (κ3) is 13.5. The van der Waals surface area contributed by atoms with Crippen molar-refractivity contribution in [3.8, 4) is 0 Å². The molecular formula is C3H7Na2O7P. The van der Waals surface area contributed by atoms with Crippen LogP contribution in [0.25, 0.3) is 0 Å². The predicted octanol–water partition coefficient (Wildman–Crippen LogP) is -2.22. The van der Waals surface area contributed by atoms with Gasteiger partial charge in [0.05, 0.1) is 6.61 Å². The minimum absolute atomic E-state index is 0. The molecule has 0 saturated heterocycles. The zero-order valence-corrected chi connectivity index (χ0v) is 12.1. The van der Waals surface area contributed by atoms with Gasteiger partial charge in [0.2, 0.25) is 0 Å². The van der Waals surface area contributed by atoms with Gasteiger partial charge >= 0.3 is 13.8 Å². The number of carbonyl (C=O) groups is 1. The van der Waals surface area contributed by atoms with Crippen molar-refractivity contribution in [1.82, 2.24) is 0 Å². The van der Waals surface area contributed by atoms with Crippen molar-refractivity contribution in [3.05, 3.63) is 0 Å². The van der Waals surface area contributed by atoms with Crippen molar-refractivity contribution < 1.29 is 33.9 Å². The van der Waals surface area contributed by atoms with Crippen LogP contribution in [0.4, 0.5) is 0 Å². The number of aliphatic carboxylic acids is 1. The third-order valence-corrected chi connectivity index (χ3v) is 1.17. The van der Waals surface area contributed by atoms with Gasteiger partial charge < -0.3 is 20.0 Å². The summed E-state index contributed by atoms with van der Waals surface area (Å²) < 4.78 is 13.6. The maximum atomic E-state index is 9.93. The smallest absolute Gasteiger partial charge is 0.469 e. The van der Waals surface area contributed by atoms with E-state index in [9.17, 15) is 9.36 Å². The molecule has 13 heavy (non-hydrogen) atoms. The Morgan fingerprint density at radius 2 is 1.77 bits per heavy atom. The van der Waals surface area contributed by atoms with E-state index >= 15 is 0 Å². The molecule has 0 aromatic rings. The van der Waals surface area contributed by atoms with Crippen LogP contribution in [-0.2, 0) is 13.9 Å². The van der Waals surface area contributed by atoms with Crippen LogP contribution in [0.2, 0.25) is 0 Å². The molecule has 10 heteroatoms. The summed E-state index contributed by atoms with van der Waals surface area (Å²) >= 11 is 0. The molecule has 0 aromatic carbocycles. The molecule has 1 atom stereocenters. The van der Waals surface area contributed by atoms with Crippen LogP contribution < -0.4 is 0 Å². The number of rotatable bonds is 4. The first-order valence-electron chi connectivity index (χ1n) is 2.44. The number of hydrogen-bond donors (Lipinski definition) is 4. The fourth-order valence-electron chi connectivity index (χ4n) is 0.239. The Morgan fingerprint density at radius 3 is 2.00 bits per heavy atom. The van der Waals surface area contributed by atoms with Crippen molar-refractivity contribution in [1.29, 1.82) is 0 Å². The molecule has 0 aliphatic rings. The number of carboxylic acids is 1. The molecule has 4 N–H and O–H groups in total. The van der Waals surface area contributed by atoms with Gasteiger partial charge in [-0.3, -0.25) is 4.52 Å². The molecule has 0 saturated carbocycles. The van der Waals surface area contributed by atoms with Gasteiger partial charge in [-0.1, -0.05) is 0 Å². The van der Waals surface area contributed by atoms with E-state index in [2.05, 4.69) is 4.52 Å². The Kier molecular flexibility index (Phi) is 13.6. The molecule has 0 rings (SSSR count). The molecule has 0 heterocycles. The molecule has 0 aliphatic heterocycles. The van der Waals surface area contributed by atoms with Crippen molar-refractivity contribution in [2.75, 3.05) is 6.61 Å². The number of phosphoric ester groups is 1. The number of phosphoric acid groups is 1. The topological polar surface area (TPSA) is 124 Å². The van der Waals surface area contributed by atoms with Gasteiger partial charge in [0, 0.05) is 59.1 Å². The maximum Gasteiger partial charge on any atom is 0.469 e. The van der Waals surface area contributed by atoms with E-state index in [1.807, 2.05) is 0 Å². The average molecular weight is 232 g/mol. The Balaban J connectivity index is -0.000000500. The second-order valence-electron chi connectivity index (χ2n) is 1.64. The van der Waals surface area contributed by atoms with E-state index in [-0.39, 0.29) is 59.1 Å². The van der Waals surface area contributed by atoms with Crippen LogP contribution in [0.15, 0.2) is 0 Å². The molecule has 2 radical (unpaired) electrons. The second kappa shape index (κ2) is 8.82. The second-order valence-corrected chi connectivity index (χ2v) is 2.88. The molecule has 0 aliphatic carbocycles. The zero-order chi connectivity index (χ0) is 9.07. The van der Waals surface area contributed by atoms with Crippen LogP contribution in [0.1, 0.15) is 0 Å². The molecular weight excluding hydrogens is 225 g/mol.